The number of alkyl halides is 3. The van der Waals surface area contributed by atoms with E-state index >= 15 is 0 Å². The third-order valence-electron chi connectivity index (χ3n) is 2.98. The normalized spacial score (nSPS) is 11.0. The molecule has 0 aliphatic carbocycles. The predicted octanol–water partition coefficient (Wildman–Crippen LogP) is 3.85. The molecule has 120 valence electrons. The Balaban J connectivity index is 2.44. The van der Waals surface area contributed by atoms with Crippen LogP contribution in [-0.4, -0.2) is 25.7 Å². The van der Waals surface area contributed by atoms with E-state index in [0.717, 1.165) is 12.1 Å². The van der Waals surface area contributed by atoms with Crippen LogP contribution in [0.1, 0.15) is 20.7 Å². The van der Waals surface area contributed by atoms with Crippen molar-refractivity contribution in [2.45, 2.75) is 6.36 Å². The van der Waals surface area contributed by atoms with Gasteiger partial charge in [0.15, 0.2) is 6.29 Å². The molecule has 0 atom stereocenters. The van der Waals surface area contributed by atoms with E-state index in [2.05, 4.69) is 9.47 Å². The van der Waals surface area contributed by atoms with Crippen LogP contribution in [0.4, 0.5) is 13.2 Å². The zero-order chi connectivity index (χ0) is 17.0. The van der Waals surface area contributed by atoms with Gasteiger partial charge in [-0.3, -0.25) is 4.79 Å². The number of aldehydes is 1. The fourth-order valence-corrected chi connectivity index (χ4v) is 2.03. The summed E-state index contributed by atoms with van der Waals surface area (Å²) in [5.41, 5.74) is 1.05. The van der Waals surface area contributed by atoms with Crippen molar-refractivity contribution in [3.05, 3.63) is 53.6 Å². The molecule has 0 aromatic heterocycles. The number of hydrogen-bond donors (Lipinski definition) is 0. The van der Waals surface area contributed by atoms with E-state index < -0.39 is 18.1 Å². The molecule has 2 aromatic carbocycles. The number of methoxy groups -OCH3 is 1. The number of rotatable bonds is 4. The molecule has 4 nitrogen and oxygen atoms in total. The van der Waals surface area contributed by atoms with Gasteiger partial charge in [-0.05, 0) is 35.4 Å². The number of halogens is 3. The summed E-state index contributed by atoms with van der Waals surface area (Å²) in [7, 11) is 1.20. The lowest BCUT2D eigenvalue weighted by molar-refractivity contribution is -0.274. The number of hydrogen-bond acceptors (Lipinski definition) is 4. The van der Waals surface area contributed by atoms with E-state index in [4.69, 9.17) is 0 Å². The summed E-state index contributed by atoms with van der Waals surface area (Å²) in [6.07, 6.45) is -4.29. The first-order chi connectivity index (χ1) is 10.8. The number of esters is 1. The predicted molar refractivity (Wildman–Crippen MR) is 75.3 cm³/mol. The van der Waals surface area contributed by atoms with Crippen LogP contribution in [-0.2, 0) is 4.74 Å². The van der Waals surface area contributed by atoms with Crippen molar-refractivity contribution in [3.63, 3.8) is 0 Å². The van der Waals surface area contributed by atoms with Crippen molar-refractivity contribution in [1.29, 1.82) is 0 Å². The first-order valence-electron chi connectivity index (χ1n) is 6.38. The molecule has 0 amide bonds. The highest BCUT2D eigenvalue weighted by Gasteiger charge is 2.31. The Morgan fingerprint density at radius 3 is 2.48 bits per heavy atom. The molecule has 0 aliphatic heterocycles. The molecule has 0 saturated carbocycles. The summed E-state index contributed by atoms with van der Waals surface area (Å²) < 4.78 is 45.2. The van der Waals surface area contributed by atoms with E-state index in [9.17, 15) is 22.8 Å². The number of carbonyl (C=O) groups is 2. The molecule has 0 fully saturated rings. The molecular weight excluding hydrogens is 313 g/mol. The molecule has 0 N–H and O–H groups in total. The van der Waals surface area contributed by atoms with Crippen LogP contribution in [0.3, 0.4) is 0 Å². The lowest BCUT2D eigenvalue weighted by Gasteiger charge is -2.11. The van der Waals surface area contributed by atoms with Gasteiger partial charge >= 0.3 is 12.3 Å². The van der Waals surface area contributed by atoms with E-state index in [-0.39, 0.29) is 11.1 Å². The summed E-state index contributed by atoms with van der Waals surface area (Å²) in [6.45, 7) is 0. The molecule has 0 radical (unpaired) electrons. The highest BCUT2D eigenvalue weighted by Crippen LogP contribution is 2.30. The number of benzene rings is 2. The SMILES string of the molecule is COC(=O)c1ccc(-c2cccc(OC(F)(F)F)c2)c(C=O)c1. The molecule has 0 bridgehead atoms. The highest BCUT2D eigenvalue weighted by molar-refractivity contribution is 5.95. The molecule has 0 aliphatic rings. The second-order valence-corrected chi connectivity index (χ2v) is 4.49. The fraction of sp³-hybridized carbons (Fsp3) is 0.125. The quantitative estimate of drug-likeness (QED) is 0.633. The van der Waals surface area contributed by atoms with Crippen molar-refractivity contribution in [2.75, 3.05) is 7.11 Å². The molecule has 0 saturated heterocycles. The molecule has 0 heterocycles. The average molecular weight is 324 g/mol. The molecule has 7 heteroatoms. The summed E-state index contributed by atoms with van der Waals surface area (Å²) in [6, 6.07) is 9.41. The van der Waals surface area contributed by atoms with Crippen LogP contribution >= 0.6 is 0 Å². The van der Waals surface area contributed by atoms with Crippen molar-refractivity contribution in [3.8, 4) is 16.9 Å². The standard InChI is InChI=1S/C16H11F3O4/c1-22-15(21)11-5-6-14(12(7-11)9-20)10-3-2-4-13(8-10)23-16(17,18)19/h2-9H,1H3. The first kappa shape index (κ1) is 16.5. The summed E-state index contributed by atoms with van der Waals surface area (Å²) in [5, 5.41) is 0. The van der Waals surface area contributed by atoms with Gasteiger partial charge in [0, 0.05) is 5.56 Å². The molecular formula is C16H11F3O4. The van der Waals surface area contributed by atoms with Crippen molar-refractivity contribution in [2.24, 2.45) is 0 Å². The molecule has 0 unspecified atom stereocenters. The van der Waals surface area contributed by atoms with Gasteiger partial charge in [-0.1, -0.05) is 18.2 Å². The second-order valence-electron chi connectivity index (χ2n) is 4.49. The topological polar surface area (TPSA) is 52.6 Å². The highest BCUT2D eigenvalue weighted by atomic mass is 19.4. The third-order valence-corrected chi connectivity index (χ3v) is 2.98. The van der Waals surface area contributed by atoms with E-state index in [0.29, 0.717) is 17.4 Å². The Bertz CT molecular complexity index is 738. The van der Waals surface area contributed by atoms with Gasteiger partial charge in [0.2, 0.25) is 0 Å². The Labute approximate surface area is 129 Å². The van der Waals surface area contributed by atoms with Crippen LogP contribution in [0.5, 0.6) is 5.75 Å². The van der Waals surface area contributed by atoms with E-state index in [1.165, 1.54) is 37.4 Å². The van der Waals surface area contributed by atoms with Crippen LogP contribution in [0.2, 0.25) is 0 Å². The molecule has 23 heavy (non-hydrogen) atoms. The Morgan fingerprint density at radius 2 is 1.87 bits per heavy atom. The average Bonchev–Trinajstić information content (AvgIpc) is 2.52. The van der Waals surface area contributed by atoms with E-state index in [1.807, 2.05) is 0 Å². The lowest BCUT2D eigenvalue weighted by atomic mass is 9.98. The zero-order valence-corrected chi connectivity index (χ0v) is 11.9. The van der Waals surface area contributed by atoms with Gasteiger partial charge in [-0.15, -0.1) is 13.2 Å². The lowest BCUT2D eigenvalue weighted by Crippen LogP contribution is -2.17. The van der Waals surface area contributed by atoms with Gasteiger partial charge in [0.05, 0.1) is 12.7 Å². The van der Waals surface area contributed by atoms with Gasteiger partial charge in [-0.2, -0.15) is 0 Å². The Hall–Kier alpha value is -2.83. The van der Waals surface area contributed by atoms with Gasteiger partial charge in [0.25, 0.3) is 0 Å². The van der Waals surface area contributed by atoms with Crippen LogP contribution < -0.4 is 4.74 Å². The number of ether oxygens (including phenoxy) is 2. The Morgan fingerprint density at radius 1 is 1.13 bits per heavy atom. The van der Waals surface area contributed by atoms with E-state index in [1.54, 1.807) is 0 Å². The van der Waals surface area contributed by atoms with Gasteiger partial charge in [-0.25, -0.2) is 4.79 Å². The van der Waals surface area contributed by atoms with Crippen molar-refractivity contribution < 1.29 is 32.2 Å². The molecule has 2 rings (SSSR count). The fourth-order valence-electron chi connectivity index (χ4n) is 2.03. The minimum Gasteiger partial charge on any atom is -0.465 e. The minimum absolute atomic E-state index is 0.150. The van der Waals surface area contributed by atoms with Gasteiger partial charge in [0.1, 0.15) is 5.75 Å². The second kappa shape index (κ2) is 6.51. The number of carbonyl (C=O) groups excluding carboxylic acids is 2. The summed E-state index contributed by atoms with van der Waals surface area (Å²) in [4.78, 5) is 22.7. The summed E-state index contributed by atoms with van der Waals surface area (Å²) in [5.74, 6) is -1.02. The Kier molecular flexibility index (Phi) is 4.68. The van der Waals surface area contributed by atoms with Crippen LogP contribution in [0, 0.1) is 0 Å². The maximum absolute atomic E-state index is 12.3. The largest absolute Gasteiger partial charge is 0.573 e. The molecule has 2 aromatic rings. The van der Waals surface area contributed by atoms with Crippen molar-refractivity contribution in [1.82, 2.24) is 0 Å². The third kappa shape index (κ3) is 4.09. The summed E-state index contributed by atoms with van der Waals surface area (Å²) >= 11 is 0. The van der Waals surface area contributed by atoms with Crippen LogP contribution in [0.15, 0.2) is 42.5 Å². The smallest absolute Gasteiger partial charge is 0.465 e. The first-order valence-corrected chi connectivity index (χ1v) is 6.38. The van der Waals surface area contributed by atoms with Crippen LogP contribution in [0.25, 0.3) is 11.1 Å². The molecule has 0 spiro atoms. The zero-order valence-electron chi connectivity index (χ0n) is 11.9. The monoisotopic (exact) mass is 324 g/mol. The maximum Gasteiger partial charge on any atom is 0.573 e. The minimum atomic E-state index is -4.80. The van der Waals surface area contributed by atoms with Crippen molar-refractivity contribution >= 4 is 12.3 Å². The maximum atomic E-state index is 12.3. The van der Waals surface area contributed by atoms with Gasteiger partial charge < -0.3 is 9.47 Å².